The first-order chi connectivity index (χ1) is 10.7. The van der Waals surface area contributed by atoms with Crippen LogP contribution in [0.25, 0.3) is 12.2 Å². The van der Waals surface area contributed by atoms with Crippen LogP contribution in [0.1, 0.15) is 10.6 Å². The molecule has 0 aliphatic carbocycles. The molecule has 6 nitrogen and oxygen atoms in total. The zero-order valence-electron chi connectivity index (χ0n) is 11.5. The van der Waals surface area contributed by atoms with Gasteiger partial charge >= 0.3 is 0 Å². The van der Waals surface area contributed by atoms with E-state index < -0.39 is 5.56 Å². The summed E-state index contributed by atoms with van der Waals surface area (Å²) in [5.41, 5.74) is 0.549. The summed E-state index contributed by atoms with van der Waals surface area (Å²) in [6.45, 7) is 0. The van der Waals surface area contributed by atoms with Gasteiger partial charge in [-0.2, -0.15) is 4.68 Å². The third kappa shape index (κ3) is 3.04. The molecular formula is C15H13N5OS. The van der Waals surface area contributed by atoms with Gasteiger partial charge in [0.25, 0.3) is 5.56 Å². The van der Waals surface area contributed by atoms with Gasteiger partial charge in [-0.25, -0.2) is 0 Å². The molecule has 0 aliphatic rings. The van der Waals surface area contributed by atoms with Crippen LogP contribution < -0.4 is 16.7 Å². The summed E-state index contributed by atoms with van der Waals surface area (Å²) < 4.78 is 0.952. The number of hydrogen-bond donors (Lipinski definition) is 2. The second-order valence-electron chi connectivity index (χ2n) is 4.42. The van der Waals surface area contributed by atoms with Crippen LogP contribution in [0, 0.1) is 0 Å². The number of aromatic nitrogens is 3. The number of anilines is 2. The van der Waals surface area contributed by atoms with Gasteiger partial charge in [-0.05, 0) is 35.7 Å². The average Bonchev–Trinajstić information content (AvgIpc) is 3.06. The maximum Gasteiger partial charge on any atom is 0.299 e. The minimum atomic E-state index is -0.416. The Morgan fingerprint density at radius 1 is 1.09 bits per heavy atom. The molecule has 2 heterocycles. The highest BCUT2D eigenvalue weighted by Crippen LogP contribution is 2.13. The molecule has 3 N–H and O–H groups in total. The van der Waals surface area contributed by atoms with E-state index in [1.165, 1.54) is 0 Å². The van der Waals surface area contributed by atoms with Crippen molar-refractivity contribution in [2.24, 2.45) is 0 Å². The number of hydrogen-bond acceptors (Lipinski definition) is 6. The fraction of sp³-hybridized carbons (Fsp3) is 0. The average molecular weight is 311 g/mol. The van der Waals surface area contributed by atoms with Crippen molar-refractivity contribution < 1.29 is 0 Å². The van der Waals surface area contributed by atoms with Crippen molar-refractivity contribution in [1.82, 2.24) is 14.9 Å². The molecule has 0 radical (unpaired) electrons. The van der Waals surface area contributed by atoms with Crippen LogP contribution in [0.3, 0.4) is 0 Å². The molecule has 0 saturated heterocycles. The number of nitrogens with one attached hydrogen (secondary N) is 1. The summed E-state index contributed by atoms with van der Waals surface area (Å²) >= 11 is 1.57. The van der Waals surface area contributed by atoms with Gasteiger partial charge in [-0.3, -0.25) is 4.79 Å². The SMILES string of the molecule is Nn1c(Nc2ccccc2)nnc(/C=C\c2cccs2)c1=O. The van der Waals surface area contributed by atoms with Gasteiger partial charge < -0.3 is 11.2 Å². The Morgan fingerprint density at radius 2 is 1.91 bits per heavy atom. The monoisotopic (exact) mass is 311 g/mol. The summed E-state index contributed by atoms with van der Waals surface area (Å²) in [6, 6.07) is 13.2. The molecule has 0 atom stereocenters. The van der Waals surface area contributed by atoms with Gasteiger partial charge in [0.2, 0.25) is 5.95 Å². The molecule has 3 aromatic rings. The van der Waals surface area contributed by atoms with Crippen molar-refractivity contribution in [1.29, 1.82) is 0 Å². The van der Waals surface area contributed by atoms with E-state index in [2.05, 4.69) is 15.5 Å². The summed E-state index contributed by atoms with van der Waals surface area (Å²) in [7, 11) is 0. The molecule has 2 aromatic heterocycles. The van der Waals surface area contributed by atoms with Crippen LogP contribution in [0.4, 0.5) is 11.6 Å². The second kappa shape index (κ2) is 6.23. The van der Waals surface area contributed by atoms with Crippen LogP contribution in [0.15, 0.2) is 52.6 Å². The molecule has 0 fully saturated rings. The highest BCUT2D eigenvalue weighted by molar-refractivity contribution is 7.10. The minimum absolute atomic E-state index is 0.185. The number of para-hydroxylation sites is 1. The maximum atomic E-state index is 12.2. The summed E-state index contributed by atoms with van der Waals surface area (Å²) in [6.07, 6.45) is 3.41. The molecule has 7 heteroatoms. The van der Waals surface area contributed by atoms with Gasteiger partial charge in [0.05, 0.1) is 0 Å². The van der Waals surface area contributed by atoms with E-state index in [4.69, 9.17) is 5.84 Å². The lowest BCUT2D eigenvalue weighted by molar-refractivity contribution is 0.828. The molecule has 0 saturated carbocycles. The van der Waals surface area contributed by atoms with Crippen molar-refractivity contribution in [3.63, 3.8) is 0 Å². The number of nitrogen functional groups attached to an aromatic ring is 1. The predicted octanol–water partition coefficient (Wildman–Crippen LogP) is 2.33. The van der Waals surface area contributed by atoms with E-state index in [1.807, 2.05) is 47.8 Å². The van der Waals surface area contributed by atoms with Crippen LogP contribution in [0.5, 0.6) is 0 Å². The first-order valence-corrected chi connectivity index (χ1v) is 7.40. The highest BCUT2D eigenvalue weighted by atomic mass is 32.1. The van der Waals surface area contributed by atoms with Crippen LogP contribution in [-0.2, 0) is 0 Å². The number of nitrogens with two attached hydrogens (primary N) is 1. The van der Waals surface area contributed by atoms with E-state index in [1.54, 1.807) is 23.5 Å². The molecule has 110 valence electrons. The standard InChI is InChI=1S/C15H13N5OS/c16-20-14(21)13(9-8-12-7-4-10-22-12)18-19-15(20)17-11-5-2-1-3-6-11/h1-10H,16H2,(H,17,19)/b9-8-. The fourth-order valence-electron chi connectivity index (χ4n) is 1.80. The van der Waals surface area contributed by atoms with Crippen molar-refractivity contribution in [2.75, 3.05) is 11.2 Å². The first kappa shape index (κ1) is 14.0. The van der Waals surface area contributed by atoms with Crippen molar-refractivity contribution in [2.45, 2.75) is 0 Å². The normalized spacial score (nSPS) is 10.9. The molecular weight excluding hydrogens is 298 g/mol. The minimum Gasteiger partial charge on any atom is -0.333 e. The van der Waals surface area contributed by atoms with Gasteiger partial charge in [0.15, 0.2) is 5.69 Å². The molecule has 0 aliphatic heterocycles. The molecule has 0 spiro atoms. The van der Waals surface area contributed by atoms with Crippen molar-refractivity contribution in [3.05, 3.63) is 68.8 Å². The van der Waals surface area contributed by atoms with E-state index in [-0.39, 0.29) is 11.6 Å². The molecule has 22 heavy (non-hydrogen) atoms. The smallest absolute Gasteiger partial charge is 0.299 e. The van der Waals surface area contributed by atoms with Crippen molar-refractivity contribution in [3.8, 4) is 0 Å². The Bertz CT molecular complexity index is 840. The Labute approximate surface area is 130 Å². The third-order valence-electron chi connectivity index (χ3n) is 2.90. The van der Waals surface area contributed by atoms with E-state index in [0.717, 1.165) is 15.2 Å². The molecule has 3 rings (SSSR count). The molecule has 0 amide bonds. The zero-order valence-corrected chi connectivity index (χ0v) is 12.3. The largest absolute Gasteiger partial charge is 0.333 e. The lowest BCUT2D eigenvalue weighted by atomic mass is 10.3. The van der Waals surface area contributed by atoms with Crippen LogP contribution in [0.2, 0.25) is 0 Å². The summed E-state index contributed by atoms with van der Waals surface area (Å²) in [4.78, 5) is 13.2. The van der Waals surface area contributed by atoms with Gasteiger partial charge in [0, 0.05) is 10.6 Å². The topological polar surface area (TPSA) is 85.8 Å². The highest BCUT2D eigenvalue weighted by Gasteiger charge is 2.08. The molecule has 1 aromatic carbocycles. The molecule has 0 bridgehead atoms. The lowest BCUT2D eigenvalue weighted by Gasteiger charge is -2.08. The number of thiophene rings is 1. The van der Waals surface area contributed by atoms with Crippen molar-refractivity contribution >= 4 is 35.1 Å². The number of rotatable bonds is 4. The Balaban J connectivity index is 1.87. The summed E-state index contributed by atoms with van der Waals surface area (Å²) in [5, 5.41) is 12.8. The first-order valence-electron chi connectivity index (χ1n) is 6.52. The fourth-order valence-corrected chi connectivity index (χ4v) is 2.42. The maximum absolute atomic E-state index is 12.2. The van der Waals surface area contributed by atoms with E-state index in [0.29, 0.717) is 0 Å². The third-order valence-corrected chi connectivity index (χ3v) is 3.73. The van der Waals surface area contributed by atoms with Gasteiger partial charge in [-0.15, -0.1) is 21.5 Å². The summed E-state index contributed by atoms with van der Waals surface area (Å²) in [5.74, 6) is 5.97. The predicted molar refractivity (Wildman–Crippen MR) is 89.4 cm³/mol. The van der Waals surface area contributed by atoms with E-state index >= 15 is 0 Å². The number of nitrogens with zero attached hydrogens (tertiary/aromatic N) is 3. The molecule has 0 unspecified atom stereocenters. The Kier molecular flexibility index (Phi) is 3.97. The van der Waals surface area contributed by atoms with Crippen LogP contribution >= 0.6 is 11.3 Å². The number of benzene rings is 1. The lowest BCUT2D eigenvalue weighted by Crippen LogP contribution is -2.32. The van der Waals surface area contributed by atoms with Gasteiger partial charge in [0.1, 0.15) is 0 Å². The second-order valence-corrected chi connectivity index (χ2v) is 5.40. The quantitative estimate of drug-likeness (QED) is 0.722. The van der Waals surface area contributed by atoms with Crippen LogP contribution in [-0.4, -0.2) is 14.9 Å². The zero-order chi connectivity index (χ0) is 15.4. The van der Waals surface area contributed by atoms with Gasteiger partial charge in [-0.1, -0.05) is 24.3 Å². The Hall–Kier alpha value is -2.93. The van der Waals surface area contributed by atoms with E-state index in [9.17, 15) is 4.79 Å². The Morgan fingerprint density at radius 3 is 2.64 bits per heavy atom.